The molecule has 1 saturated carbocycles. The molecule has 3 rings (SSSR count). The van der Waals surface area contributed by atoms with Crippen LogP contribution < -0.4 is 10.1 Å². The molecule has 0 radical (unpaired) electrons. The third-order valence-electron chi connectivity index (χ3n) is 3.70. The van der Waals surface area contributed by atoms with Crippen molar-refractivity contribution in [1.29, 1.82) is 0 Å². The van der Waals surface area contributed by atoms with E-state index in [0.29, 0.717) is 44.5 Å². The number of aromatic amines is 1. The van der Waals surface area contributed by atoms with Crippen molar-refractivity contribution >= 4 is 10.0 Å². The van der Waals surface area contributed by atoms with Crippen LogP contribution in [0.1, 0.15) is 24.1 Å². The van der Waals surface area contributed by atoms with Gasteiger partial charge in [-0.1, -0.05) is 0 Å². The Hall–Kier alpha value is -1.00. The molecule has 2 heterocycles. The van der Waals surface area contributed by atoms with Crippen molar-refractivity contribution in [3.05, 3.63) is 11.3 Å². The molecule has 0 bridgehead atoms. The summed E-state index contributed by atoms with van der Waals surface area (Å²) in [6.45, 7) is 4.49. The van der Waals surface area contributed by atoms with Crippen molar-refractivity contribution in [2.45, 2.75) is 37.4 Å². The lowest BCUT2D eigenvalue weighted by Crippen LogP contribution is -2.48. The highest BCUT2D eigenvalue weighted by molar-refractivity contribution is 7.89. The minimum Gasteiger partial charge on any atom is -0.379 e. The Morgan fingerprint density at radius 1 is 1.38 bits per heavy atom. The third-order valence-corrected chi connectivity index (χ3v) is 5.04. The quantitative estimate of drug-likeness (QED) is 0.654. The van der Waals surface area contributed by atoms with Crippen LogP contribution in [0.25, 0.3) is 0 Å². The summed E-state index contributed by atoms with van der Waals surface area (Å²) in [5, 5.41) is 11.8. The zero-order chi connectivity index (χ0) is 14.9. The van der Waals surface area contributed by atoms with E-state index in [9.17, 15) is 8.42 Å². The van der Waals surface area contributed by atoms with Crippen LogP contribution in [0.2, 0.25) is 0 Å². The van der Waals surface area contributed by atoms with Gasteiger partial charge in [-0.25, -0.2) is 13.4 Å². The van der Waals surface area contributed by atoms with Crippen molar-refractivity contribution in [2.75, 3.05) is 26.3 Å². The summed E-state index contributed by atoms with van der Waals surface area (Å²) >= 11 is 0. The van der Waals surface area contributed by atoms with Gasteiger partial charge in [0.25, 0.3) is 10.0 Å². The van der Waals surface area contributed by atoms with Gasteiger partial charge < -0.3 is 10.1 Å². The van der Waals surface area contributed by atoms with Crippen molar-refractivity contribution in [1.82, 2.24) is 25.4 Å². The Kier molecular flexibility index (Phi) is 4.27. The van der Waals surface area contributed by atoms with E-state index in [1.807, 2.05) is 6.92 Å². The number of rotatable bonds is 6. The van der Waals surface area contributed by atoms with Gasteiger partial charge >= 0.3 is 0 Å². The molecule has 2 fully saturated rings. The summed E-state index contributed by atoms with van der Waals surface area (Å²) < 4.78 is 30.2. The zero-order valence-electron chi connectivity index (χ0n) is 12.1. The lowest BCUT2D eigenvalue weighted by atomic mass is 10.2. The average molecular weight is 315 g/mol. The van der Waals surface area contributed by atoms with Gasteiger partial charge in [-0.15, -0.1) is 4.83 Å². The zero-order valence-corrected chi connectivity index (χ0v) is 12.9. The number of morpholine rings is 1. The number of hydrazine groups is 1. The van der Waals surface area contributed by atoms with E-state index in [-0.39, 0.29) is 5.03 Å². The SMILES string of the molecule is Cc1[nH]nc(S(=O)(=O)NN2CCOCC2)c1CNC1CC1. The molecule has 3 N–H and O–H groups in total. The van der Waals surface area contributed by atoms with Crippen LogP contribution in [0.15, 0.2) is 5.03 Å². The molecule has 0 unspecified atom stereocenters. The average Bonchev–Trinajstić information content (AvgIpc) is 3.20. The van der Waals surface area contributed by atoms with Gasteiger partial charge in [-0.3, -0.25) is 5.10 Å². The Labute approximate surface area is 124 Å². The molecule has 118 valence electrons. The van der Waals surface area contributed by atoms with E-state index in [0.717, 1.165) is 18.5 Å². The fourth-order valence-electron chi connectivity index (χ4n) is 2.26. The molecule has 8 nitrogen and oxygen atoms in total. The number of aryl methyl sites for hydroxylation is 1. The van der Waals surface area contributed by atoms with Crippen LogP contribution in [-0.4, -0.2) is 56.0 Å². The molecule has 2 aliphatic rings. The highest BCUT2D eigenvalue weighted by atomic mass is 32.2. The summed E-state index contributed by atoms with van der Waals surface area (Å²) in [6.07, 6.45) is 2.32. The molecule has 1 aromatic rings. The summed E-state index contributed by atoms with van der Waals surface area (Å²) in [5.41, 5.74) is 1.49. The van der Waals surface area contributed by atoms with Crippen LogP contribution in [0.4, 0.5) is 0 Å². The first-order valence-corrected chi connectivity index (χ1v) is 8.67. The number of sulfonamides is 1. The Morgan fingerprint density at radius 2 is 2.10 bits per heavy atom. The second-order valence-corrected chi connectivity index (χ2v) is 7.06. The first kappa shape index (κ1) is 14.9. The van der Waals surface area contributed by atoms with Crippen LogP contribution in [0.3, 0.4) is 0 Å². The number of nitrogens with one attached hydrogen (secondary N) is 3. The maximum absolute atomic E-state index is 12.5. The highest BCUT2D eigenvalue weighted by Gasteiger charge is 2.28. The van der Waals surface area contributed by atoms with Gasteiger partial charge in [-0.2, -0.15) is 5.10 Å². The number of nitrogens with zero attached hydrogens (tertiary/aromatic N) is 2. The van der Waals surface area contributed by atoms with Gasteiger partial charge in [-0.05, 0) is 19.8 Å². The maximum Gasteiger partial charge on any atom is 0.273 e. The van der Waals surface area contributed by atoms with E-state index >= 15 is 0 Å². The second kappa shape index (κ2) is 6.01. The molecule has 9 heteroatoms. The van der Waals surface area contributed by atoms with Crippen molar-refractivity contribution in [3.8, 4) is 0 Å². The number of aromatic nitrogens is 2. The van der Waals surface area contributed by atoms with E-state index in [2.05, 4.69) is 20.3 Å². The fourth-order valence-corrected chi connectivity index (χ4v) is 3.59. The number of hydrogen-bond acceptors (Lipinski definition) is 6. The predicted octanol–water partition coefficient (Wildman–Crippen LogP) is -0.504. The first-order chi connectivity index (χ1) is 10.1. The minimum absolute atomic E-state index is 0.0830. The molecule has 1 aromatic heterocycles. The molecule has 0 atom stereocenters. The van der Waals surface area contributed by atoms with Gasteiger partial charge in [0.2, 0.25) is 0 Å². The predicted molar refractivity (Wildman–Crippen MR) is 75.9 cm³/mol. The highest BCUT2D eigenvalue weighted by Crippen LogP contribution is 2.22. The molecular weight excluding hydrogens is 294 g/mol. The number of hydrogen-bond donors (Lipinski definition) is 3. The summed E-state index contributed by atoms with van der Waals surface area (Å²) in [4.78, 5) is 2.58. The topological polar surface area (TPSA) is 99.3 Å². The van der Waals surface area contributed by atoms with E-state index < -0.39 is 10.0 Å². The Morgan fingerprint density at radius 3 is 2.76 bits per heavy atom. The molecule has 0 aromatic carbocycles. The largest absolute Gasteiger partial charge is 0.379 e. The summed E-state index contributed by atoms with van der Waals surface area (Å²) in [6, 6.07) is 0.516. The fraction of sp³-hybridized carbons (Fsp3) is 0.750. The van der Waals surface area contributed by atoms with Crippen LogP contribution in [0, 0.1) is 6.92 Å². The summed E-state index contributed by atoms with van der Waals surface area (Å²) in [5.74, 6) is 0. The standard InChI is InChI=1S/C12H21N5O3S/c1-9-11(8-13-10-2-3-10)12(15-14-9)21(18,19)16-17-4-6-20-7-5-17/h10,13,16H,2-8H2,1H3,(H,14,15). The monoisotopic (exact) mass is 315 g/mol. The van der Waals surface area contributed by atoms with Crippen molar-refractivity contribution in [3.63, 3.8) is 0 Å². The molecule has 1 aliphatic heterocycles. The van der Waals surface area contributed by atoms with Gasteiger partial charge in [0.15, 0.2) is 5.03 Å². The van der Waals surface area contributed by atoms with Gasteiger partial charge in [0.05, 0.1) is 13.2 Å². The van der Waals surface area contributed by atoms with E-state index in [4.69, 9.17) is 4.74 Å². The minimum atomic E-state index is -3.66. The van der Waals surface area contributed by atoms with Gasteiger partial charge in [0, 0.05) is 36.9 Å². The Bertz CT molecular complexity index is 590. The maximum atomic E-state index is 12.5. The van der Waals surface area contributed by atoms with E-state index in [1.54, 1.807) is 5.01 Å². The number of H-pyrrole nitrogens is 1. The molecular formula is C12H21N5O3S. The first-order valence-electron chi connectivity index (χ1n) is 7.18. The van der Waals surface area contributed by atoms with Crippen molar-refractivity contribution in [2.24, 2.45) is 0 Å². The molecule has 0 amide bonds. The third kappa shape index (κ3) is 3.61. The van der Waals surface area contributed by atoms with Crippen LogP contribution in [-0.2, 0) is 21.3 Å². The van der Waals surface area contributed by atoms with Crippen LogP contribution >= 0.6 is 0 Å². The second-order valence-electron chi connectivity index (χ2n) is 5.48. The van der Waals surface area contributed by atoms with Gasteiger partial charge in [0.1, 0.15) is 0 Å². The lowest BCUT2D eigenvalue weighted by Gasteiger charge is -2.26. The van der Waals surface area contributed by atoms with Crippen molar-refractivity contribution < 1.29 is 13.2 Å². The molecule has 21 heavy (non-hydrogen) atoms. The van der Waals surface area contributed by atoms with E-state index in [1.165, 1.54) is 0 Å². The molecule has 0 spiro atoms. The number of ether oxygens (including phenoxy) is 1. The van der Waals surface area contributed by atoms with Crippen LogP contribution in [0.5, 0.6) is 0 Å². The molecule has 1 aliphatic carbocycles. The Balaban J connectivity index is 1.73. The molecule has 1 saturated heterocycles. The normalized spacial score (nSPS) is 20.8. The summed E-state index contributed by atoms with van der Waals surface area (Å²) in [7, 11) is -3.66. The lowest BCUT2D eigenvalue weighted by molar-refractivity contribution is 0.0272. The smallest absolute Gasteiger partial charge is 0.273 e.